The van der Waals surface area contributed by atoms with Crippen LogP contribution >= 0.6 is 0 Å². The van der Waals surface area contributed by atoms with E-state index in [1.807, 2.05) is 37.1 Å². The van der Waals surface area contributed by atoms with Crippen LogP contribution in [-0.4, -0.2) is 57.0 Å². The Labute approximate surface area is 193 Å². The predicted octanol–water partition coefficient (Wildman–Crippen LogP) is 3.65. The van der Waals surface area contributed by atoms with E-state index < -0.39 is 0 Å². The molecule has 1 aliphatic rings. The lowest BCUT2D eigenvalue weighted by Crippen LogP contribution is -2.34. The largest absolute Gasteiger partial charge is 0.371 e. The number of hydrogen-bond acceptors (Lipinski definition) is 5. The molecule has 3 N–H and O–H groups in total. The van der Waals surface area contributed by atoms with E-state index in [1.165, 1.54) is 19.3 Å². The Morgan fingerprint density at radius 3 is 2.85 bits per heavy atom. The number of aryl methyl sites for hydroxylation is 1. The summed E-state index contributed by atoms with van der Waals surface area (Å²) in [5.74, 6) is 0.867. The Hall–Kier alpha value is -3.39. The third kappa shape index (κ3) is 4.43. The number of imidazole rings is 1. The minimum Gasteiger partial charge on any atom is -0.371 e. The first-order chi connectivity index (χ1) is 16.1. The Kier molecular flexibility index (Phi) is 6.00. The number of nitrogens with zero attached hydrogens (tertiary/aromatic N) is 4. The monoisotopic (exact) mass is 445 g/mol. The van der Waals surface area contributed by atoms with Gasteiger partial charge in [-0.15, -0.1) is 0 Å². The summed E-state index contributed by atoms with van der Waals surface area (Å²) in [7, 11) is 3.85. The smallest absolute Gasteiger partial charge is 0.221 e. The summed E-state index contributed by atoms with van der Waals surface area (Å²) in [6, 6.07) is 10.4. The number of benzene rings is 1. The lowest BCUT2D eigenvalue weighted by atomic mass is 10.1. The van der Waals surface area contributed by atoms with E-state index in [4.69, 9.17) is 4.98 Å². The lowest BCUT2D eigenvalue weighted by Gasteiger charge is -2.25. The maximum atomic E-state index is 12.4. The Morgan fingerprint density at radius 2 is 2.03 bits per heavy atom. The van der Waals surface area contributed by atoms with Gasteiger partial charge in [-0.2, -0.15) is 0 Å². The molecule has 1 fully saturated rings. The summed E-state index contributed by atoms with van der Waals surface area (Å²) < 4.78 is 2.02. The van der Waals surface area contributed by atoms with Crippen LogP contribution in [0.15, 0.2) is 36.7 Å². The van der Waals surface area contributed by atoms with Crippen LogP contribution in [0.1, 0.15) is 31.2 Å². The average molecular weight is 446 g/mol. The number of pyridine rings is 1. The summed E-state index contributed by atoms with van der Waals surface area (Å²) in [6.07, 6.45) is 6.19. The number of H-pyrrole nitrogens is 1. The number of carbonyl (C=O) groups excluding carboxylic acids is 1. The van der Waals surface area contributed by atoms with Crippen molar-refractivity contribution < 1.29 is 4.79 Å². The van der Waals surface area contributed by atoms with Gasteiger partial charge >= 0.3 is 0 Å². The van der Waals surface area contributed by atoms with E-state index in [0.29, 0.717) is 13.0 Å². The van der Waals surface area contributed by atoms with Gasteiger partial charge in [-0.3, -0.25) is 4.79 Å². The number of carbonyl (C=O) groups is 1. The van der Waals surface area contributed by atoms with E-state index in [1.54, 1.807) is 0 Å². The molecule has 1 aliphatic heterocycles. The second-order valence-corrected chi connectivity index (χ2v) is 8.84. The van der Waals surface area contributed by atoms with E-state index >= 15 is 0 Å². The fraction of sp³-hybridized carbons (Fsp3) is 0.400. The molecule has 8 nitrogen and oxygen atoms in total. The fourth-order valence-electron chi connectivity index (χ4n) is 4.71. The Morgan fingerprint density at radius 1 is 1.18 bits per heavy atom. The van der Waals surface area contributed by atoms with Crippen LogP contribution in [0.3, 0.4) is 0 Å². The zero-order chi connectivity index (χ0) is 22.8. The van der Waals surface area contributed by atoms with Crippen molar-refractivity contribution in [1.82, 2.24) is 29.7 Å². The van der Waals surface area contributed by atoms with Gasteiger partial charge in [0.1, 0.15) is 11.2 Å². The molecule has 0 atom stereocenters. The molecule has 5 rings (SSSR count). The SMILES string of the molecule is CNc1nc2[nH]c(-c3cccc(CNC(=O)CCN4CCCCC4)c3)cc2c2c1ncn2C. The number of piperidine rings is 1. The molecule has 0 radical (unpaired) electrons. The molecule has 3 aromatic heterocycles. The number of hydrogen-bond donors (Lipinski definition) is 3. The third-order valence-electron chi connectivity index (χ3n) is 6.51. The van der Waals surface area contributed by atoms with Crippen LogP contribution < -0.4 is 10.6 Å². The van der Waals surface area contributed by atoms with Gasteiger partial charge in [0, 0.05) is 44.7 Å². The summed E-state index contributed by atoms with van der Waals surface area (Å²) in [6.45, 7) is 3.62. The highest BCUT2D eigenvalue weighted by molar-refractivity contribution is 6.07. The molecule has 0 saturated carbocycles. The highest BCUT2D eigenvalue weighted by Gasteiger charge is 2.15. The van der Waals surface area contributed by atoms with Gasteiger partial charge in [-0.25, -0.2) is 9.97 Å². The summed E-state index contributed by atoms with van der Waals surface area (Å²) in [4.78, 5) is 27.4. The summed E-state index contributed by atoms with van der Waals surface area (Å²) in [5.41, 5.74) is 5.86. The summed E-state index contributed by atoms with van der Waals surface area (Å²) >= 11 is 0. The van der Waals surface area contributed by atoms with Gasteiger partial charge in [0.25, 0.3) is 0 Å². The normalized spacial score (nSPS) is 14.7. The van der Waals surface area contributed by atoms with Crippen LogP contribution in [-0.2, 0) is 18.4 Å². The maximum Gasteiger partial charge on any atom is 0.221 e. The molecular weight excluding hydrogens is 414 g/mol. The summed E-state index contributed by atoms with van der Waals surface area (Å²) in [5, 5.41) is 7.26. The molecule has 4 aromatic rings. The van der Waals surface area contributed by atoms with E-state index in [-0.39, 0.29) is 5.91 Å². The molecule has 1 saturated heterocycles. The van der Waals surface area contributed by atoms with Crippen molar-refractivity contribution in [2.45, 2.75) is 32.2 Å². The van der Waals surface area contributed by atoms with Crippen LogP contribution in [0.25, 0.3) is 33.3 Å². The number of aromatic amines is 1. The van der Waals surface area contributed by atoms with Crippen LogP contribution in [0.5, 0.6) is 0 Å². The second kappa shape index (κ2) is 9.23. The number of fused-ring (bicyclic) bond motifs is 3. The van der Waals surface area contributed by atoms with E-state index in [9.17, 15) is 4.79 Å². The first kappa shape index (κ1) is 21.5. The minimum absolute atomic E-state index is 0.110. The van der Waals surface area contributed by atoms with Crippen molar-refractivity contribution in [2.75, 3.05) is 32.0 Å². The van der Waals surface area contributed by atoms with Gasteiger partial charge in [-0.1, -0.05) is 24.6 Å². The Bertz CT molecular complexity index is 1280. The lowest BCUT2D eigenvalue weighted by molar-refractivity contribution is -0.121. The van der Waals surface area contributed by atoms with Crippen molar-refractivity contribution in [3.8, 4) is 11.3 Å². The number of nitrogens with one attached hydrogen (secondary N) is 3. The molecule has 0 bridgehead atoms. The molecule has 0 unspecified atom stereocenters. The van der Waals surface area contributed by atoms with Crippen molar-refractivity contribution in [2.24, 2.45) is 7.05 Å². The zero-order valence-electron chi connectivity index (χ0n) is 19.3. The predicted molar refractivity (Wildman–Crippen MR) is 132 cm³/mol. The van der Waals surface area contributed by atoms with Gasteiger partial charge in [0.05, 0.1) is 11.8 Å². The fourth-order valence-corrected chi connectivity index (χ4v) is 4.71. The molecule has 4 heterocycles. The third-order valence-corrected chi connectivity index (χ3v) is 6.51. The molecule has 0 aliphatic carbocycles. The standard InChI is InChI=1S/C25H31N7O/c1-26-25-22-23(31(2)16-28-22)19-14-20(29-24(19)30-25)18-8-6-7-17(13-18)15-27-21(33)9-12-32-10-4-3-5-11-32/h6-8,13-14,16H,3-5,9-12,15H2,1-2H3,(H,27,33)(H2,26,29,30). The number of rotatable bonds is 7. The maximum absolute atomic E-state index is 12.4. The first-order valence-electron chi connectivity index (χ1n) is 11.7. The number of anilines is 1. The van der Waals surface area contributed by atoms with E-state index in [2.05, 4.69) is 43.7 Å². The molecular formula is C25H31N7O. The second-order valence-electron chi connectivity index (χ2n) is 8.84. The highest BCUT2D eigenvalue weighted by Crippen LogP contribution is 2.31. The van der Waals surface area contributed by atoms with Crippen molar-refractivity contribution in [1.29, 1.82) is 0 Å². The molecule has 8 heteroatoms. The van der Waals surface area contributed by atoms with Gasteiger partial charge in [0.2, 0.25) is 5.91 Å². The number of amides is 1. The van der Waals surface area contributed by atoms with Gasteiger partial charge in [0.15, 0.2) is 5.82 Å². The topological polar surface area (TPSA) is 90.9 Å². The van der Waals surface area contributed by atoms with Crippen molar-refractivity contribution in [3.63, 3.8) is 0 Å². The van der Waals surface area contributed by atoms with Crippen molar-refractivity contribution >= 4 is 33.8 Å². The van der Waals surface area contributed by atoms with Crippen LogP contribution in [0, 0.1) is 0 Å². The highest BCUT2D eigenvalue weighted by atomic mass is 16.1. The number of aromatic nitrogens is 4. The Balaban J connectivity index is 1.31. The molecule has 1 amide bonds. The average Bonchev–Trinajstić information content (AvgIpc) is 3.45. The molecule has 0 spiro atoms. The molecule has 33 heavy (non-hydrogen) atoms. The molecule has 172 valence electrons. The molecule has 1 aromatic carbocycles. The van der Waals surface area contributed by atoms with Crippen LogP contribution in [0.4, 0.5) is 5.82 Å². The first-order valence-corrected chi connectivity index (χ1v) is 11.7. The number of likely N-dealkylation sites (tertiary alicyclic amines) is 1. The minimum atomic E-state index is 0.110. The van der Waals surface area contributed by atoms with Gasteiger partial charge in [-0.05, 0) is 49.2 Å². The quantitative estimate of drug-likeness (QED) is 0.404. The zero-order valence-corrected chi connectivity index (χ0v) is 19.3. The van der Waals surface area contributed by atoms with Gasteiger partial charge < -0.3 is 25.1 Å². The van der Waals surface area contributed by atoms with E-state index in [0.717, 1.165) is 64.3 Å². The van der Waals surface area contributed by atoms with Crippen molar-refractivity contribution in [3.05, 3.63) is 42.2 Å². The van der Waals surface area contributed by atoms with Crippen LogP contribution in [0.2, 0.25) is 0 Å².